The number of hydrogen-bond donors (Lipinski definition) is 1. The second-order valence-corrected chi connectivity index (χ2v) is 7.30. The highest BCUT2D eigenvalue weighted by Crippen LogP contribution is 2.25. The largest absolute Gasteiger partial charge is 0.478 e. The maximum absolute atomic E-state index is 12.4. The third-order valence-corrected chi connectivity index (χ3v) is 5.59. The van der Waals surface area contributed by atoms with E-state index >= 15 is 0 Å². The first-order valence-electron chi connectivity index (χ1n) is 7.69. The lowest BCUT2D eigenvalue weighted by atomic mass is 10.0. The number of rotatable bonds is 5. The minimum atomic E-state index is -0.933. The van der Waals surface area contributed by atoms with Gasteiger partial charge in [0.1, 0.15) is 0 Å². The Hall–Kier alpha value is -1.49. The molecule has 0 saturated carbocycles. The Bertz CT molecular complexity index is 544. The normalized spacial score (nSPS) is 18.5. The number of nitrogens with zero attached hydrogens (tertiary/aromatic N) is 1. The van der Waals surface area contributed by atoms with Crippen LogP contribution in [0, 0.1) is 5.92 Å². The van der Waals surface area contributed by atoms with E-state index in [0.29, 0.717) is 29.6 Å². The van der Waals surface area contributed by atoms with E-state index in [2.05, 4.69) is 13.8 Å². The number of thioether (sulfide) groups is 1. The molecule has 1 fully saturated rings. The topological polar surface area (TPSA) is 57.6 Å². The zero-order chi connectivity index (χ0) is 16.1. The van der Waals surface area contributed by atoms with E-state index in [0.717, 1.165) is 24.4 Å². The summed E-state index contributed by atoms with van der Waals surface area (Å²) in [6.45, 7) is 5.98. The average Bonchev–Trinajstić information content (AvgIpc) is 2.52. The van der Waals surface area contributed by atoms with Crippen molar-refractivity contribution >= 4 is 23.6 Å². The molecular weight excluding hydrogens is 298 g/mol. The van der Waals surface area contributed by atoms with Gasteiger partial charge in [-0.15, -0.1) is 0 Å². The van der Waals surface area contributed by atoms with E-state index in [-0.39, 0.29) is 5.91 Å². The molecule has 22 heavy (non-hydrogen) atoms. The van der Waals surface area contributed by atoms with Crippen LogP contribution in [-0.2, 0) is 11.2 Å². The van der Waals surface area contributed by atoms with E-state index < -0.39 is 5.97 Å². The highest BCUT2D eigenvalue weighted by Gasteiger charge is 2.25. The van der Waals surface area contributed by atoms with Gasteiger partial charge < -0.3 is 10.0 Å². The molecule has 4 nitrogen and oxygen atoms in total. The molecule has 1 heterocycles. The zero-order valence-corrected chi connectivity index (χ0v) is 13.9. The highest BCUT2D eigenvalue weighted by molar-refractivity contribution is 8.00. The summed E-state index contributed by atoms with van der Waals surface area (Å²) in [4.78, 5) is 25.5. The van der Waals surface area contributed by atoms with E-state index in [1.54, 1.807) is 18.2 Å². The molecular formula is C17H23NO3S. The number of carbonyl (C=O) groups is 2. The fourth-order valence-electron chi connectivity index (χ4n) is 2.65. The Morgan fingerprint density at radius 2 is 2.09 bits per heavy atom. The van der Waals surface area contributed by atoms with Crippen molar-refractivity contribution in [1.82, 2.24) is 4.90 Å². The van der Waals surface area contributed by atoms with Crippen molar-refractivity contribution < 1.29 is 14.7 Å². The smallest absolute Gasteiger partial charge is 0.335 e. The molecule has 120 valence electrons. The van der Waals surface area contributed by atoms with Gasteiger partial charge in [0, 0.05) is 30.5 Å². The van der Waals surface area contributed by atoms with Crippen molar-refractivity contribution in [2.75, 3.05) is 18.8 Å². The van der Waals surface area contributed by atoms with Gasteiger partial charge in [-0.1, -0.05) is 32.0 Å². The van der Waals surface area contributed by atoms with Crippen LogP contribution < -0.4 is 0 Å². The molecule has 1 aliphatic rings. The third-order valence-electron chi connectivity index (χ3n) is 4.05. The molecule has 1 N–H and O–H groups in total. The van der Waals surface area contributed by atoms with Crippen molar-refractivity contribution in [1.29, 1.82) is 0 Å². The summed E-state index contributed by atoms with van der Waals surface area (Å²) >= 11 is 1.94. The van der Waals surface area contributed by atoms with E-state index in [4.69, 9.17) is 0 Å². The summed E-state index contributed by atoms with van der Waals surface area (Å²) in [6.07, 6.45) is 0.858. The molecule has 0 bridgehead atoms. The van der Waals surface area contributed by atoms with Gasteiger partial charge in [-0.3, -0.25) is 4.79 Å². The molecule has 1 saturated heterocycles. The Balaban J connectivity index is 1.94. The number of aromatic carboxylic acids is 1. The van der Waals surface area contributed by atoms with Crippen molar-refractivity contribution in [3.05, 3.63) is 35.4 Å². The monoisotopic (exact) mass is 321 g/mol. The van der Waals surface area contributed by atoms with Crippen LogP contribution in [0.5, 0.6) is 0 Å². The lowest BCUT2D eigenvalue weighted by Crippen LogP contribution is -2.43. The van der Waals surface area contributed by atoms with Crippen LogP contribution >= 0.6 is 11.8 Å². The molecule has 0 aromatic heterocycles. The zero-order valence-electron chi connectivity index (χ0n) is 13.1. The SMILES string of the molecule is CC(C)C1CN(C(=O)CCc2ccccc2C(=O)O)CCS1. The van der Waals surface area contributed by atoms with Crippen LogP contribution in [0.3, 0.4) is 0 Å². The number of aryl methyl sites for hydroxylation is 1. The first-order valence-corrected chi connectivity index (χ1v) is 8.74. The fourth-order valence-corrected chi connectivity index (χ4v) is 3.95. The van der Waals surface area contributed by atoms with Gasteiger partial charge in [0.25, 0.3) is 0 Å². The van der Waals surface area contributed by atoms with Crippen LogP contribution in [0.1, 0.15) is 36.2 Å². The molecule has 1 aliphatic heterocycles. The van der Waals surface area contributed by atoms with Gasteiger partial charge in [0.15, 0.2) is 0 Å². The average molecular weight is 321 g/mol. The summed E-state index contributed by atoms with van der Waals surface area (Å²) in [5, 5.41) is 9.68. The Morgan fingerprint density at radius 1 is 1.36 bits per heavy atom. The summed E-state index contributed by atoms with van der Waals surface area (Å²) in [5.41, 5.74) is 1.03. The van der Waals surface area contributed by atoms with Crippen LogP contribution in [0.2, 0.25) is 0 Å². The van der Waals surface area contributed by atoms with Crippen LogP contribution in [0.25, 0.3) is 0 Å². The van der Waals surface area contributed by atoms with Gasteiger partial charge in [0.2, 0.25) is 5.91 Å². The highest BCUT2D eigenvalue weighted by atomic mass is 32.2. The Morgan fingerprint density at radius 3 is 2.77 bits per heavy atom. The second kappa shape index (κ2) is 7.68. The number of benzene rings is 1. The maximum atomic E-state index is 12.4. The quantitative estimate of drug-likeness (QED) is 0.906. The van der Waals surface area contributed by atoms with Crippen molar-refractivity contribution in [3.8, 4) is 0 Å². The predicted molar refractivity (Wildman–Crippen MR) is 89.4 cm³/mol. The van der Waals surface area contributed by atoms with Crippen molar-refractivity contribution in [2.45, 2.75) is 31.9 Å². The van der Waals surface area contributed by atoms with Gasteiger partial charge >= 0.3 is 5.97 Å². The van der Waals surface area contributed by atoms with Gasteiger partial charge in [-0.2, -0.15) is 11.8 Å². The number of carbonyl (C=O) groups excluding carboxylic acids is 1. The first-order chi connectivity index (χ1) is 10.5. The first kappa shape index (κ1) is 16.9. The summed E-state index contributed by atoms with van der Waals surface area (Å²) in [6, 6.07) is 6.91. The molecule has 1 amide bonds. The maximum Gasteiger partial charge on any atom is 0.335 e. The van der Waals surface area contributed by atoms with E-state index in [1.165, 1.54) is 0 Å². The van der Waals surface area contributed by atoms with E-state index in [1.807, 2.05) is 22.7 Å². The van der Waals surface area contributed by atoms with E-state index in [9.17, 15) is 14.7 Å². The van der Waals surface area contributed by atoms with Gasteiger partial charge in [0.05, 0.1) is 5.56 Å². The van der Waals surface area contributed by atoms with Crippen LogP contribution in [0.4, 0.5) is 0 Å². The molecule has 1 atom stereocenters. The molecule has 0 aliphatic carbocycles. The third kappa shape index (κ3) is 4.26. The predicted octanol–water partition coefficient (Wildman–Crippen LogP) is 2.92. The molecule has 5 heteroatoms. The number of hydrogen-bond acceptors (Lipinski definition) is 3. The second-order valence-electron chi connectivity index (χ2n) is 5.96. The lowest BCUT2D eigenvalue weighted by molar-refractivity contribution is -0.131. The molecule has 1 aromatic rings. The Kier molecular flexibility index (Phi) is 5.89. The van der Waals surface area contributed by atoms with Crippen molar-refractivity contribution in [2.24, 2.45) is 5.92 Å². The summed E-state index contributed by atoms with van der Waals surface area (Å²) < 4.78 is 0. The van der Waals surface area contributed by atoms with Crippen LogP contribution in [0.15, 0.2) is 24.3 Å². The summed E-state index contributed by atoms with van der Waals surface area (Å²) in [5.74, 6) is 0.747. The van der Waals surface area contributed by atoms with Gasteiger partial charge in [-0.05, 0) is 24.0 Å². The van der Waals surface area contributed by atoms with Crippen LogP contribution in [-0.4, -0.2) is 46.0 Å². The number of carboxylic acid groups (broad SMARTS) is 1. The standard InChI is InChI=1S/C17H23NO3S/c1-12(2)15-11-18(9-10-22-15)16(19)8-7-13-5-3-4-6-14(13)17(20)21/h3-6,12,15H,7-11H2,1-2H3,(H,20,21). The fraction of sp³-hybridized carbons (Fsp3) is 0.529. The number of amides is 1. The summed E-state index contributed by atoms with van der Waals surface area (Å²) in [7, 11) is 0. The minimum absolute atomic E-state index is 0.131. The molecule has 0 radical (unpaired) electrons. The van der Waals surface area contributed by atoms with Gasteiger partial charge in [-0.25, -0.2) is 4.79 Å². The lowest BCUT2D eigenvalue weighted by Gasteiger charge is -2.34. The molecule has 2 rings (SSSR count). The molecule has 1 aromatic carbocycles. The minimum Gasteiger partial charge on any atom is -0.478 e. The Labute approximate surface area is 135 Å². The number of carboxylic acids is 1. The van der Waals surface area contributed by atoms with Crippen molar-refractivity contribution in [3.63, 3.8) is 0 Å². The molecule has 1 unspecified atom stereocenters. The molecule has 0 spiro atoms.